The van der Waals surface area contributed by atoms with Crippen LogP contribution in [0.5, 0.6) is 0 Å². The predicted molar refractivity (Wildman–Crippen MR) is 82.2 cm³/mol. The van der Waals surface area contributed by atoms with Crippen LogP contribution in [0.2, 0.25) is 0 Å². The molecule has 0 saturated heterocycles. The van der Waals surface area contributed by atoms with Crippen molar-refractivity contribution in [2.24, 2.45) is 10.8 Å². The van der Waals surface area contributed by atoms with Crippen molar-refractivity contribution in [1.29, 1.82) is 0 Å². The Morgan fingerprint density at radius 2 is 1.61 bits per heavy atom. The highest BCUT2D eigenvalue weighted by atomic mass is 79.9. The number of hydrogen-bond donors (Lipinski definition) is 2. The van der Waals surface area contributed by atoms with Gasteiger partial charge in [-0.25, -0.2) is 0 Å². The topological polar surface area (TPSA) is 50.4 Å². The number of nitrogens with one attached hydrogen (secondary N) is 1. The van der Waals surface area contributed by atoms with Gasteiger partial charge >= 0.3 is 0 Å². The summed E-state index contributed by atoms with van der Waals surface area (Å²) in [5, 5.41) is 4.12. The average molecular weight is 327 g/mol. The van der Waals surface area contributed by atoms with E-state index in [1.54, 1.807) is 0 Å². The van der Waals surface area contributed by atoms with Crippen LogP contribution < -0.4 is 11.2 Å². The quantitative estimate of drug-likeness (QED) is 0.514. The first-order valence-electron chi connectivity index (χ1n) is 5.16. The minimum absolute atomic E-state index is 0. The molecule has 2 aromatic rings. The molecule has 0 saturated carbocycles. The molecule has 0 heterocycles. The van der Waals surface area contributed by atoms with Crippen molar-refractivity contribution in [3.8, 4) is 0 Å². The summed E-state index contributed by atoms with van der Waals surface area (Å²) in [7, 11) is 0. The van der Waals surface area contributed by atoms with Gasteiger partial charge in [-0.05, 0) is 24.3 Å². The highest BCUT2D eigenvalue weighted by Crippen LogP contribution is 2.10. The Hall–Kier alpha value is -1.52. The normalized spacial score (nSPS) is 10.6. The number of nitrogens with zero attached hydrogens (tertiary/aromatic N) is 1. The zero-order valence-corrected chi connectivity index (χ0v) is 11.9. The number of hydrogen-bond acceptors (Lipinski definition) is 2. The molecule has 0 bridgehead atoms. The zero-order valence-electron chi connectivity index (χ0n) is 9.51. The summed E-state index contributed by atoms with van der Waals surface area (Å²) in [5.74, 6) is 0.460. The van der Waals surface area contributed by atoms with Crippen LogP contribution in [0.4, 0.5) is 5.69 Å². The molecular weight excluding hydrogens is 314 g/mol. The van der Waals surface area contributed by atoms with Gasteiger partial charge in [0.1, 0.15) is 0 Å². The zero-order chi connectivity index (χ0) is 12.1. The predicted octanol–water partition coefficient (Wildman–Crippen LogP) is 3.60. The molecule has 0 aliphatic rings. The van der Waals surface area contributed by atoms with Crippen LogP contribution in [0.3, 0.4) is 0 Å². The van der Waals surface area contributed by atoms with E-state index in [2.05, 4.69) is 26.5 Å². The number of rotatable bonds is 3. The number of halogens is 2. The lowest BCUT2D eigenvalue weighted by molar-refractivity contribution is 1.31. The molecule has 18 heavy (non-hydrogen) atoms. The van der Waals surface area contributed by atoms with Crippen molar-refractivity contribution < 1.29 is 0 Å². The Labute approximate surface area is 121 Å². The molecule has 0 unspecified atom stereocenters. The molecule has 3 nitrogen and oxygen atoms in total. The molecule has 0 aliphatic heterocycles. The van der Waals surface area contributed by atoms with Crippen LogP contribution in [0.25, 0.3) is 0 Å². The molecule has 3 N–H and O–H groups in total. The Kier molecular flexibility index (Phi) is 5.68. The first kappa shape index (κ1) is 14.5. The summed E-state index contributed by atoms with van der Waals surface area (Å²) < 4.78 is 1.02. The lowest BCUT2D eigenvalue weighted by Gasteiger charge is -2.03. The van der Waals surface area contributed by atoms with E-state index in [4.69, 9.17) is 5.73 Å². The molecule has 0 spiro atoms. The van der Waals surface area contributed by atoms with Crippen molar-refractivity contribution in [3.05, 3.63) is 64.6 Å². The molecule has 2 rings (SSSR count). The largest absolute Gasteiger partial charge is 0.382 e. The Morgan fingerprint density at radius 1 is 1.00 bits per heavy atom. The highest BCUT2D eigenvalue weighted by Gasteiger charge is 1.97. The van der Waals surface area contributed by atoms with E-state index in [9.17, 15) is 0 Å². The van der Waals surface area contributed by atoms with Crippen molar-refractivity contribution in [1.82, 2.24) is 0 Å². The van der Waals surface area contributed by atoms with Crippen LogP contribution in [-0.2, 0) is 0 Å². The lowest BCUT2D eigenvalue weighted by atomic mass is 10.2. The standard InChI is InChI=1S/C13H12BrN3.ClH/c14-11-8-6-10(7-9-11)13(15)17-16-12-4-2-1-3-5-12;/h1-9,16H,(H2,15,17);1H. The van der Waals surface area contributed by atoms with E-state index >= 15 is 0 Å². The SMILES string of the molecule is Cl.N/C(=N\Nc1ccccc1)c1ccc(Br)cc1. The van der Waals surface area contributed by atoms with E-state index in [1.807, 2.05) is 54.6 Å². The maximum Gasteiger partial charge on any atom is 0.150 e. The molecule has 0 amide bonds. The van der Waals surface area contributed by atoms with Gasteiger partial charge in [0.05, 0.1) is 5.69 Å². The minimum Gasteiger partial charge on any atom is -0.382 e. The van der Waals surface area contributed by atoms with Gasteiger partial charge in [0.15, 0.2) is 5.84 Å². The summed E-state index contributed by atoms with van der Waals surface area (Å²) in [6.45, 7) is 0. The van der Waals surface area contributed by atoms with Gasteiger partial charge in [0.25, 0.3) is 0 Å². The smallest absolute Gasteiger partial charge is 0.150 e. The molecular formula is C13H13BrClN3. The summed E-state index contributed by atoms with van der Waals surface area (Å²) in [4.78, 5) is 0. The molecule has 0 aromatic heterocycles. The maximum absolute atomic E-state index is 5.87. The number of nitrogens with two attached hydrogens (primary N) is 1. The highest BCUT2D eigenvalue weighted by molar-refractivity contribution is 9.10. The third-order valence-electron chi connectivity index (χ3n) is 2.22. The molecule has 5 heteroatoms. The number of benzene rings is 2. The number of para-hydroxylation sites is 1. The second kappa shape index (κ2) is 7.03. The first-order valence-corrected chi connectivity index (χ1v) is 5.95. The Bertz CT molecular complexity index is 512. The summed E-state index contributed by atoms with van der Waals surface area (Å²) in [5.41, 5.74) is 10.6. The van der Waals surface area contributed by atoms with Crippen molar-refractivity contribution >= 4 is 39.9 Å². The van der Waals surface area contributed by atoms with E-state index < -0.39 is 0 Å². The van der Waals surface area contributed by atoms with Gasteiger partial charge in [-0.3, -0.25) is 5.43 Å². The molecule has 0 fully saturated rings. The third kappa shape index (κ3) is 4.05. The fourth-order valence-corrected chi connectivity index (χ4v) is 1.59. The second-order valence-corrected chi connectivity index (χ2v) is 4.40. The van der Waals surface area contributed by atoms with Crippen LogP contribution >= 0.6 is 28.3 Å². The van der Waals surface area contributed by atoms with Crippen molar-refractivity contribution in [3.63, 3.8) is 0 Å². The van der Waals surface area contributed by atoms with Gasteiger partial charge < -0.3 is 5.73 Å². The maximum atomic E-state index is 5.87. The average Bonchev–Trinajstić information content (AvgIpc) is 2.38. The van der Waals surface area contributed by atoms with E-state index in [0.29, 0.717) is 5.84 Å². The van der Waals surface area contributed by atoms with Crippen molar-refractivity contribution in [2.45, 2.75) is 0 Å². The van der Waals surface area contributed by atoms with E-state index in [-0.39, 0.29) is 12.4 Å². The van der Waals surface area contributed by atoms with Gasteiger partial charge in [0.2, 0.25) is 0 Å². The first-order chi connectivity index (χ1) is 8.25. The molecule has 0 atom stereocenters. The minimum atomic E-state index is 0. The van der Waals surface area contributed by atoms with Crippen LogP contribution in [0, 0.1) is 0 Å². The Morgan fingerprint density at radius 3 is 2.22 bits per heavy atom. The number of amidine groups is 1. The van der Waals surface area contributed by atoms with Crippen LogP contribution in [-0.4, -0.2) is 5.84 Å². The molecule has 0 radical (unpaired) electrons. The second-order valence-electron chi connectivity index (χ2n) is 3.48. The monoisotopic (exact) mass is 325 g/mol. The summed E-state index contributed by atoms with van der Waals surface area (Å²) >= 11 is 3.37. The van der Waals surface area contributed by atoms with E-state index in [0.717, 1.165) is 15.7 Å². The number of anilines is 1. The fourth-order valence-electron chi connectivity index (χ4n) is 1.32. The van der Waals surface area contributed by atoms with Crippen LogP contribution in [0.1, 0.15) is 5.56 Å². The number of hydrazone groups is 1. The summed E-state index contributed by atoms with van der Waals surface area (Å²) in [6.07, 6.45) is 0. The lowest BCUT2D eigenvalue weighted by Crippen LogP contribution is -2.15. The molecule has 2 aromatic carbocycles. The van der Waals surface area contributed by atoms with E-state index in [1.165, 1.54) is 0 Å². The molecule has 94 valence electrons. The van der Waals surface area contributed by atoms with Gasteiger partial charge in [-0.2, -0.15) is 5.10 Å². The summed E-state index contributed by atoms with van der Waals surface area (Å²) in [6, 6.07) is 17.4. The van der Waals surface area contributed by atoms with Gasteiger partial charge in [0, 0.05) is 10.0 Å². The fraction of sp³-hybridized carbons (Fsp3) is 0. The Balaban J connectivity index is 0.00000162. The molecule has 0 aliphatic carbocycles. The third-order valence-corrected chi connectivity index (χ3v) is 2.75. The van der Waals surface area contributed by atoms with Gasteiger partial charge in [-0.1, -0.05) is 46.3 Å². The van der Waals surface area contributed by atoms with Gasteiger partial charge in [-0.15, -0.1) is 12.4 Å². The van der Waals surface area contributed by atoms with Crippen molar-refractivity contribution in [2.75, 3.05) is 5.43 Å². The van der Waals surface area contributed by atoms with Crippen LogP contribution in [0.15, 0.2) is 64.2 Å².